The average Bonchev–Trinajstić information content (AvgIpc) is 2.53. The first-order valence-corrected chi connectivity index (χ1v) is 8.19. The molecule has 0 bridgehead atoms. The first-order chi connectivity index (χ1) is 10.6. The van der Waals surface area contributed by atoms with Crippen molar-refractivity contribution < 1.29 is 14.3 Å². The van der Waals surface area contributed by atoms with Gasteiger partial charge in [0, 0.05) is 33.3 Å². The zero-order chi connectivity index (χ0) is 16.4. The molecule has 1 fully saturated rings. The van der Waals surface area contributed by atoms with Crippen LogP contribution < -0.4 is 5.32 Å². The lowest BCUT2D eigenvalue weighted by atomic mass is 9.97. The summed E-state index contributed by atoms with van der Waals surface area (Å²) in [6.07, 6.45) is 2.73. The van der Waals surface area contributed by atoms with Crippen LogP contribution in [0.2, 0.25) is 0 Å². The smallest absolute Gasteiger partial charge is 0.308 e. The molecule has 0 atom stereocenters. The average molecular weight is 441 g/mol. The van der Waals surface area contributed by atoms with E-state index in [0.717, 1.165) is 51.5 Å². The monoisotopic (exact) mass is 441 g/mol. The Labute approximate surface area is 157 Å². The van der Waals surface area contributed by atoms with Gasteiger partial charge in [-0.1, -0.05) is 13.8 Å². The van der Waals surface area contributed by atoms with Crippen molar-refractivity contribution in [1.82, 2.24) is 10.2 Å². The van der Waals surface area contributed by atoms with E-state index in [4.69, 9.17) is 9.47 Å². The summed E-state index contributed by atoms with van der Waals surface area (Å²) >= 11 is 0. The molecule has 1 heterocycles. The molecule has 7 heteroatoms. The molecule has 1 saturated heterocycles. The number of nitrogens with zero attached hydrogens (tertiary/aromatic N) is 2. The van der Waals surface area contributed by atoms with Crippen molar-refractivity contribution in [3.05, 3.63) is 0 Å². The van der Waals surface area contributed by atoms with Gasteiger partial charge in [-0.2, -0.15) is 0 Å². The summed E-state index contributed by atoms with van der Waals surface area (Å²) in [4.78, 5) is 18.0. The van der Waals surface area contributed by atoms with E-state index in [1.54, 1.807) is 7.05 Å². The summed E-state index contributed by atoms with van der Waals surface area (Å²) in [6.45, 7) is 8.29. The molecule has 0 amide bonds. The summed E-state index contributed by atoms with van der Waals surface area (Å²) < 4.78 is 10.4. The number of piperidine rings is 1. The second-order valence-corrected chi connectivity index (χ2v) is 6.05. The molecule has 0 unspecified atom stereocenters. The molecule has 0 aromatic rings. The summed E-state index contributed by atoms with van der Waals surface area (Å²) in [5.74, 6) is 1.49. The molecular formula is C16H32IN3O3. The largest absolute Gasteiger partial charge is 0.469 e. The number of hydrogen-bond acceptors (Lipinski definition) is 4. The first-order valence-electron chi connectivity index (χ1n) is 8.19. The van der Waals surface area contributed by atoms with Crippen LogP contribution in [0.3, 0.4) is 0 Å². The molecule has 0 saturated carbocycles. The Morgan fingerprint density at radius 1 is 1.30 bits per heavy atom. The number of ether oxygens (including phenoxy) is 2. The van der Waals surface area contributed by atoms with Crippen molar-refractivity contribution in [3.63, 3.8) is 0 Å². The van der Waals surface area contributed by atoms with Crippen molar-refractivity contribution in [2.75, 3.05) is 47.0 Å². The number of hydrogen-bond donors (Lipinski definition) is 1. The van der Waals surface area contributed by atoms with Gasteiger partial charge in [0.15, 0.2) is 5.96 Å². The molecule has 23 heavy (non-hydrogen) atoms. The standard InChI is InChI=1S/C16H31N3O3.HI/c1-13(2)7-11-22-12-8-18-16(17-3)19-9-5-14(6-10-19)15(20)21-4;/h13-14H,5-12H2,1-4H3,(H,17,18);1H. The van der Waals surface area contributed by atoms with E-state index < -0.39 is 0 Å². The maximum atomic E-state index is 11.5. The Balaban J connectivity index is 0.00000484. The highest BCUT2D eigenvalue weighted by molar-refractivity contribution is 14.0. The molecule has 0 aromatic carbocycles. The van der Waals surface area contributed by atoms with Crippen LogP contribution in [0, 0.1) is 11.8 Å². The zero-order valence-corrected chi connectivity index (χ0v) is 17.2. The summed E-state index contributed by atoms with van der Waals surface area (Å²) in [6, 6.07) is 0. The number of guanidine groups is 1. The summed E-state index contributed by atoms with van der Waals surface area (Å²) in [5.41, 5.74) is 0. The Kier molecular flexibility index (Phi) is 12.5. The van der Waals surface area contributed by atoms with Crippen LogP contribution in [0.1, 0.15) is 33.1 Å². The van der Waals surface area contributed by atoms with Crippen LogP contribution in [-0.4, -0.2) is 63.8 Å². The molecule has 1 N–H and O–H groups in total. The highest BCUT2D eigenvalue weighted by Gasteiger charge is 2.26. The van der Waals surface area contributed by atoms with E-state index in [1.165, 1.54) is 7.11 Å². The second kappa shape index (κ2) is 12.8. The third kappa shape index (κ3) is 8.74. The predicted octanol–water partition coefficient (Wildman–Crippen LogP) is 2.13. The number of esters is 1. The van der Waals surface area contributed by atoms with E-state index in [-0.39, 0.29) is 35.9 Å². The van der Waals surface area contributed by atoms with Crippen LogP contribution in [0.15, 0.2) is 4.99 Å². The highest BCUT2D eigenvalue weighted by atomic mass is 127. The number of likely N-dealkylation sites (tertiary alicyclic amines) is 1. The Hall–Kier alpha value is -0.570. The Morgan fingerprint density at radius 2 is 1.96 bits per heavy atom. The third-order valence-corrected chi connectivity index (χ3v) is 3.91. The molecule has 6 nitrogen and oxygen atoms in total. The van der Waals surface area contributed by atoms with E-state index in [9.17, 15) is 4.79 Å². The molecular weight excluding hydrogens is 409 g/mol. The van der Waals surface area contributed by atoms with Gasteiger partial charge in [-0.05, 0) is 25.2 Å². The molecule has 1 aliphatic rings. The summed E-state index contributed by atoms with van der Waals surface area (Å²) in [7, 11) is 3.24. The Bertz CT molecular complexity index is 356. The minimum Gasteiger partial charge on any atom is -0.469 e. The SMILES string of the molecule is CN=C(NCCOCCC(C)C)N1CCC(C(=O)OC)CC1.I. The van der Waals surface area contributed by atoms with Crippen molar-refractivity contribution in [2.24, 2.45) is 16.8 Å². The number of methoxy groups -OCH3 is 1. The lowest BCUT2D eigenvalue weighted by molar-refractivity contribution is -0.146. The molecule has 0 radical (unpaired) electrons. The second-order valence-electron chi connectivity index (χ2n) is 6.05. The third-order valence-electron chi connectivity index (χ3n) is 3.91. The van der Waals surface area contributed by atoms with Crippen molar-refractivity contribution in [2.45, 2.75) is 33.1 Å². The van der Waals surface area contributed by atoms with Gasteiger partial charge in [0.2, 0.25) is 0 Å². The van der Waals surface area contributed by atoms with Gasteiger partial charge in [-0.15, -0.1) is 24.0 Å². The maximum absolute atomic E-state index is 11.5. The van der Waals surface area contributed by atoms with Gasteiger partial charge >= 0.3 is 5.97 Å². The highest BCUT2D eigenvalue weighted by Crippen LogP contribution is 2.18. The fraction of sp³-hybridized carbons (Fsp3) is 0.875. The predicted molar refractivity (Wildman–Crippen MR) is 103 cm³/mol. The summed E-state index contributed by atoms with van der Waals surface area (Å²) in [5, 5.41) is 3.32. The van der Waals surface area contributed by atoms with Crippen LogP contribution >= 0.6 is 24.0 Å². The number of aliphatic imine (C=N–C) groups is 1. The number of rotatable bonds is 7. The fourth-order valence-corrected chi connectivity index (χ4v) is 2.48. The molecule has 1 rings (SSSR count). The first kappa shape index (κ1) is 22.4. The fourth-order valence-electron chi connectivity index (χ4n) is 2.48. The van der Waals surface area contributed by atoms with E-state index in [2.05, 4.69) is 29.1 Å². The molecule has 1 aliphatic heterocycles. The van der Waals surface area contributed by atoms with Gasteiger partial charge in [0.25, 0.3) is 0 Å². The lowest BCUT2D eigenvalue weighted by Crippen LogP contribution is -2.47. The van der Waals surface area contributed by atoms with Crippen molar-refractivity contribution in [1.29, 1.82) is 0 Å². The van der Waals surface area contributed by atoms with Crippen LogP contribution in [0.25, 0.3) is 0 Å². The number of halogens is 1. The van der Waals surface area contributed by atoms with E-state index >= 15 is 0 Å². The van der Waals surface area contributed by atoms with Crippen molar-refractivity contribution >= 4 is 35.9 Å². The minimum absolute atomic E-state index is 0. The molecule has 0 aromatic heterocycles. The number of carbonyl (C=O) groups is 1. The van der Waals surface area contributed by atoms with Gasteiger partial charge in [0.05, 0.1) is 19.6 Å². The van der Waals surface area contributed by atoms with Crippen LogP contribution in [-0.2, 0) is 14.3 Å². The topological polar surface area (TPSA) is 63.2 Å². The van der Waals surface area contributed by atoms with E-state index in [0.29, 0.717) is 12.5 Å². The zero-order valence-electron chi connectivity index (χ0n) is 14.8. The van der Waals surface area contributed by atoms with Crippen LogP contribution in [0.4, 0.5) is 0 Å². The molecule has 0 spiro atoms. The van der Waals surface area contributed by atoms with Crippen LogP contribution in [0.5, 0.6) is 0 Å². The lowest BCUT2D eigenvalue weighted by Gasteiger charge is -2.33. The quantitative estimate of drug-likeness (QED) is 0.216. The Morgan fingerprint density at radius 3 is 2.48 bits per heavy atom. The molecule has 0 aliphatic carbocycles. The van der Waals surface area contributed by atoms with Gasteiger partial charge in [-0.25, -0.2) is 0 Å². The molecule has 136 valence electrons. The van der Waals surface area contributed by atoms with Crippen molar-refractivity contribution in [3.8, 4) is 0 Å². The maximum Gasteiger partial charge on any atom is 0.308 e. The number of nitrogens with one attached hydrogen (secondary N) is 1. The van der Waals surface area contributed by atoms with Gasteiger partial charge < -0.3 is 19.7 Å². The number of carbonyl (C=O) groups excluding carboxylic acids is 1. The van der Waals surface area contributed by atoms with E-state index in [1.807, 2.05) is 0 Å². The van der Waals surface area contributed by atoms with Gasteiger partial charge in [-0.3, -0.25) is 9.79 Å². The van der Waals surface area contributed by atoms with Gasteiger partial charge in [0.1, 0.15) is 0 Å². The minimum atomic E-state index is -0.0962. The normalized spacial score (nSPS) is 16.2.